The molecule has 1 rings (SSSR count). The van der Waals surface area contributed by atoms with Gasteiger partial charge in [-0.25, -0.2) is 0 Å². The van der Waals surface area contributed by atoms with Crippen molar-refractivity contribution in [3.8, 4) is 0 Å². The van der Waals surface area contributed by atoms with Crippen molar-refractivity contribution < 1.29 is 0 Å². The fourth-order valence-corrected chi connectivity index (χ4v) is 4.39. The zero-order valence-electron chi connectivity index (χ0n) is 9.39. The van der Waals surface area contributed by atoms with E-state index in [9.17, 15) is 0 Å². The van der Waals surface area contributed by atoms with E-state index in [1.807, 2.05) is 0 Å². The number of hydrogen-bond acceptors (Lipinski definition) is 0. The van der Waals surface area contributed by atoms with Gasteiger partial charge in [-0.15, -0.1) is 0 Å². The Morgan fingerprint density at radius 2 is 1.46 bits per heavy atom. The van der Waals surface area contributed by atoms with E-state index in [0.29, 0.717) is 4.25 Å². The number of benzene rings is 1. The molecule has 0 saturated heterocycles. The molecule has 0 aliphatic rings. The molecular weight excluding hydrogens is 212 g/mol. The van der Waals surface area contributed by atoms with Gasteiger partial charge >= 0.3 is 79.9 Å². The van der Waals surface area contributed by atoms with Crippen molar-refractivity contribution in [1.29, 1.82) is 0 Å². The van der Waals surface area contributed by atoms with E-state index in [1.165, 1.54) is 0 Å². The van der Waals surface area contributed by atoms with Crippen LogP contribution in [0, 0.1) is 0 Å². The van der Waals surface area contributed by atoms with E-state index in [1.54, 1.807) is 4.40 Å². The standard InChI is InChI=1S/C11H17Ge.Li/c1-11(2,3)12(4)10-8-6-5-7-9-10;/h5-9H,1-4H3;. The summed E-state index contributed by atoms with van der Waals surface area (Å²) >= 11 is -1.02. The van der Waals surface area contributed by atoms with Gasteiger partial charge < -0.3 is 0 Å². The van der Waals surface area contributed by atoms with Gasteiger partial charge in [-0.3, -0.25) is 0 Å². The first-order valence-electron chi connectivity index (χ1n) is 4.41. The maximum absolute atomic E-state index is 2.45. The van der Waals surface area contributed by atoms with Crippen molar-refractivity contribution in [3.05, 3.63) is 30.3 Å². The van der Waals surface area contributed by atoms with Crippen molar-refractivity contribution >= 4 is 37.6 Å². The SMILES string of the molecule is [CH3][Ge]([c]1ccccc1)[C](C)(C)C.[Li]. The van der Waals surface area contributed by atoms with Gasteiger partial charge in [0.05, 0.1) is 0 Å². The largest absolute Gasteiger partial charge is 0 e. The van der Waals surface area contributed by atoms with Crippen LogP contribution < -0.4 is 4.40 Å². The Kier molecular flexibility index (Phi) is 5.44. The van der Waals surface area contributed by atoms with Crippen molar-refractivity contribution in [1.82, 2.24) is 0 Å². The van der Waals surface area contributed by atoms with Crippen LogP contribution in [0.15, 0.2) is 30.3 Å². The molecule has 0 saturated carbocycles. The summed E-state index contributed by atoms with van der Waals surface area (Å²) in [6.07, 6.45) is 0. The summed E-state index contributed by atoms with van der Waals surface area (Å²) in [7, 11) is 0. The first-order chi connectivity index (χ1) is 5.52. The van der Waals surface area contributed by atoms with Crippen LogP contribution in [0.5, 0.6) is 0 Å². The molecule has 0 spiro atoms. The summed E-state index contributed by atoms with van der Waals surface area (Å²) in [5.41, 5.74) is 0. The van der Waals surface area contributed by atoms with Gasteiger partial charge in [-0.2, -0.15) is 0 Å². The fourth-order valence-electron chi connectivity index (χ4n) is 1.12. The third-order valence-electron chi connectivity index (χ3n) is 2.33. The van der Waals surface area contributed by atoms with E-state index in [2.05, 4.69) is 56.9 Å². The zero-order valence-corrected chi connectivity index (χ0v) is 11.5. The molecule has 2 radical (unpaired) electrons. The van der Waals surface area contributed by atoms with Crippen LogP contribution >= 0.6 is 0 Å². The van der Waals surface area contributed by atoms with Crippen LogP contribution in [-0.2, 0) is 0 Å². The molecular formula is C11H17GeLi. The summed E-state index contributed by atoms with van der Waals surface area (Å²) in [6, 6.07) is 11.0. The van der Waals surface area contributed by atoms with Gasteiger partial charge in [0.2, 0.25) is 0 Å². The first kappa shape index (κ1) is 13.4. The van der Waals surface area contributed by atoms with Crippen LogP contribution in [-0.4, -0.2) is 33.2 Å². The van der Waals surface area contributed by atoms with Crippen molar-refractivity contribution in [2.24, 2.45) is 0 Å². The molecule has 0 nitrogen and oxygen atoms in total. The molecule has 66 valence electrons. The summed E-state index contributed by atoms with van der Waals surface area (Å²) in [5, 5.41) is 0. The number of rotatable bonds is 1. The molecule has 0 unspecified atom stereocenters. The van der Waals surface area contributed by atoms with Gasteiger partial charge in [0.1, 0.15) is 0 Å². The second-order valence-electron chi connectivity index (χ2n) is 4.24. The van der Waals surface area contributed by atoms with Crippen molar-refractivity contribution in [3.63, 3.8) is 0 Å². The predicted octanol–water partition coefficient (Wildman–Crippen LogP) is 2.44. The molecule has 0 N–H and O–H groups in total. The average molecular weight is 229 g/mol. The Morgan fingerprint density at radius 3 is 1.85 bits per heavy atom. The number of hydrogen-bond donors (Lipinski definition) is 0. The van der Waals surface area contributed by atoms with E-state index in [0.717, 1.165) is 0 Å². The molecule has 1 aromatic carbocycles. The van der Waals surface area contributed by atoms with Gasteiger partial charge in [0, 0.05) is 18.9 Å². The normalized spacial score (nSPS) is 11.2. The first-order valence-corrected chi connectivity index (χ1v) is 8.61. The third-order valence-corrected chi connectivity index (χ3v) is 9.57. The molecule has 0 fully saturated rings. The molecule has 0 amide bonds. The molecule has 0 aliphatic heterocycles. The topological polar surface area (TPSA) is 0 Å². The quantitative estimate of drug-likeness (QED) is 0.648. The molecule has 13 heavy (non-hydrogen) atoms. The Bertz CT molecular complexity index is 238. The maximum atomic E-state index is 2.45. The molecule has 0 bridgehead atoms. The Labute approximate surface area is 98.4 Å². The Hall–Kier alpha value is 0.360. The average Bonchev–Trinajstić information content (AvgIpc) is 2.03. The van der Waals surface area contributed by atoms with E-state index < -0.39 is 14.3 Å². The van der Waals surface area contributed by atoms with Crippen LogP contribution in [0.1, 0.15) is 20.8 Å². The Morgan fingerprint density at radius 1 is 1.00 bits per heavy atom. The van der Waals surface area contributed by atoms with Gasteiger partial charge in [0.15, 0.2) is 0 Å². The van der Waals surface area contributed by atoms with Gasteiger partial charge in [0.25, 0.3) is 0 Å². The molecule has 1 aromatic rings. The third kappa shape index (κ3) is 3.94. The van der Waals surface area contributed by atoms with Crippen LogP contribution in [0.25, 0.3) is 0 Å². The van der Waals surface area contributed by atoms with Crippen molar-refractivity contribution in [2.45, 2.75) is 30.8 Å². The van der Waals surface area contributed by atoms with Crippen molar-refractivity contribution in [2.75, 3.05) is 0 Å². The molecule has 0 atom stereocenters. The monoisotopic (exact) mass is 230 g/mol. The van der Waals surface area contributed by atoms with Crippen LogP contribution in [0.4, 0.5) is 0 Å². The summed E-state index contributed by atoms with van der Waals surface area (Å²) in [5.74, 6) is 2.45. The van der Waals surface area contributed by atoms with E-state index in [4.69, 9.17) is 0 Å². The minimum absolute atomic E-state index is 0. The summed E-state index contributed by atoms with van der Waals surface area (Å²) in [6.45, 7) is 7.07. The minimum Gasteiger partial charge on any atom is 0 e. The summed E-state index contributed by atoms with van der Waals surface area (Å²) < 4.78 is 2.13. The molecule has 0 aliphatic carbocycles. The smallest absolute Gasteiger partial charge is 0 e. The predicted molar refractivity (Wildman–Crippen MR) is 63.2 cm³/mol. The maximum Gasteiger partial charge on any atom is 0 e. The second kappa shape index (κ2) is 5.29. The molecule has 0 heterocycles. The Balaban J connectivity index is 0.00000144. The van der Waals surface area contributed by atoms with Gasteiger partial charge in [-0.05, 0) is 0 Å². The van der Waals surface area contributed by atoms with E-state index in [-0.39, 0.29) is 18.9 Å². The molecule has 0 aromatic heterocycles. The second-order valence-corrected chi connectivity index (χ2v) is 11.2. The minimum atomic E-state index is -1.02. The van der Waals surface area contributed by atoms with Crippen LogP contribution in [0.2, 0.25) is 10.0 Å². The van der Waals surface area contributed by atoms with E-state index >= 15 is 0 Å². The fraction of sp³-hybridized carbons (Fsp3) is 0.455. The summed E-state index contributed by atoms with van der Waals surface area (Å²) in [4.78, 5) is 0. The molecule has 2 heteroatoms. The van der Waals surface area contributed by atoms with Gasteiger partial charge in [-0.1, -0.05) is 0 Å². The van der Waals surface area contributed by atoms with Crippen LogP contribution in [0.3, 0.4) is 0 Å². The zero-order chi connectivity index (χ0) is 9.19.